The van der Waals surface area contributed by atoms with Crippen LogP contribution in [-0.2, 0) is 28.1 Å². The third-order valence-corrected chi connectivity index (χ3v) is 6.02. The molecular formula is C14H25N5O3S. The van der Waals surface area contributed by atoms with Gasteiger partial charge in [-0.05, 0) is 25.7 Å². The Morgan fingerprint density at radius 2 is 1.91 bits per heavy atom. The van der Waals surface area contributed by atoms with Crippen LogP contribution >= 0.6 is 0 Å². The summed E-state index contributed by atoms with van der Waals surface area (Å²) in [5, 5.41) is 4.38. The molecule has 0 aromatic carbocycles. The number of hydrogen-bond acceptors (Lipinski definition) is 5. The molecule has 0 unspecified atom stereocenters. The van der Waals surface area contributed by atoms with E-state index in [1.54, 1.807) is 16.1 Å². The van der Waals surface area contributed by atoms with Crippen molar-refractivity contribution < 1.29 is 13.2 Å². The topological polar surface area (TPSA) is 89.3 Å². The largest absolute Gasteiger partial charge is 0.377 e. The molecule has 0 saturated carbocycles. The van der Waals surface area contributed by atoms with Crippen LogP contribution in [0.4, 0.5) is 0 Å². The number of nitrogens with zero attached hydrogens (tertiary/aromatic N) is 4. The first-order valence-corrected chi connectivity index (χ1v) is 9.74. The summed E-state index contributed by atoms with van der Waals surface area (Å²) >= 11 is 0. The standard InChI is InChI=1S/C14H25N5O3S/c1-22-11-13-15-14-12(7-6-10-19(14)16-13)17-23(20,21)18-8-4-2-3-5-9-18/h12,17H,2-11H2,1H3/t12-/m0/s1. The Kier molecular flexibility index (Phi) is 5.30. The number of rotatable bonds is 5. The van der Waals surface area contributed by atoms with E-state index in [9.17, 15) is 8.42 Å². The molecule has 1 aromatic rings. The van der Waals surface area contributed by atoms with E-state index in [1.807, 2.05) is 0 Å². The van der Waals surface area contributed by atoms with Crippen LogP contribution in [0.3, 0.4) is 0 Å². The van der Waals surface area contributed by atoms with E-state index in [4.69, 9.17) is 4.74 Å². The second-order valence-corrected chi connectivity index (χ2v) is 7.88. The third kappa shape index (κ3) is 3.90. The fraction of sp³-hybridized carbons (Fsp3) is 0.857. The lowest BCUT2D eigenvalue weighted by molar-refractivity contribution is 0.177. The summed E-state index contributed by atoms with van der Waals surface area (Å²) in [7, 11) is -1.88. The first-order valence-electron chi connectivity index (χ1n) is 8.30. The number of methoxy groups -OCH3 is 1. The van der Waals surface area contributed by atoms with Crippen LogP contribution in [-0.4, -0.2) is 47.7 Å². The van der Waals surface area contributed by atoms with E-state index in [2.05, 4.69) is 14.8 Å². The fourth-order valence-electron chi connectivity index (χ4n) is 3.24. The summed E-state index contributed by atoms with van der Waals surface area (Å²) < 4.78 is 36.6. The Morgan fingerprint density at radius 1 is 1.17 bits per heavy atom. The fourth-order valence-corrected chi connectivity index (χ4v) is 4.71. The van der Waals surface area contributed by atoms with Crippen LogP contribution in [0.2, 0.25) is 0 Å². The highest BCUT2D eigenvalue weighted by atomic mass is 32.2. The first kappa shape index (κ1) is 16.8. The van der Waals surface area contributed by atoms with E-state index in [0.717, 1.165) is 45.1 Å². The molecule has 23 heavy (non-hydrogen) atoms. The normalized spacial score (nSPS) is 23.4. The van der Waals surface area contributed by atoms with Crippen LogP contribution < -0.4 is 4.72 Å². The molecule has 9 heteroatoms. The summed E-state index contributed by atoms with van der Waals surface area (Å²) in [5.74, 6) is 1.30. The second-order valence-electron chi connectivity index (χ2n) is 6.17. The smallest absolute Gasteiger partial charge is 0.280 e. The predicted molar refractivity (Wildman–Crippen MR) is 84.8 cm³/mol. The lowest BCUT2D eigenvalue weighted by Gasteiger charge is -2.27. The maximum atomic E-state index is 12.7. The second kappa shape index (κ2) is 7.25. The SMILES string of the molecule is COCc1nc2n(n1)CCC[C@@H]2NS(=O)(=O)N1CCCCCC1. The molecule has 1 N–H and O–H groups in total. The minimum atomic E-state index is -3.48. The van der Waals surface area contributed by atoms with Crippen LogP contribution in [0, 0.1) is 0 Å². The maximum Gasteiger partial charge on any atom is 0.280 e. The van der Waals surface area contributed by atoms with Crippen LogP contribution in [0.25, 0.3) is 0 Å². The van der Waals surface area contributed by atoms with Gasteiger partial charge < -0.3 is 4.74 Å². The minimum absolute atomic E-state index is 0.310. The molecule has 1 aromatic heterocycles. The average molecular weight is 343 g/mol. The van der Waals surface area contributed by atoms with E-state index in [0.29, 0.717) is 31.3 Å². The molecule has 2 aliphatic heterocycles. The molecule has 1 fully saturated rings. The van der Waals surface area contributed by atoms with Crippen LogP contribution in [0.1, 0.15) is 56.2 Å². The highest BCUT2D eigenvalue weighted by molar-refractivity contribution is 7.87. The van der Waals surface area contributed by atoms with Gasteiger partial charge in [0.15, 0.2) is 5.82 Å². The van der Waals surface area contributed by atoms with Gasteiger partial charge >= 0.3 is 0 Å². The van der Waals surface area contributed by atoms with Gasteiger partial charge in [0.25, 0.3) is 10.2 Å². The zero-order chi connectivity index (χ0) is 16.3. The summed E-state index contributed by atoms with van der Waals surface area (Å²) in [6.07, 6.45) is 5.70. The maximum absolute atomic E-state index is 12.7. The quantitative estimate of drug-likeness (QED) is 0.860. The number of fused-ring (bicyclic) bond motifs is 1. The molecule has 0 spiro atoms. The number of aromatic nitrogens is 3. The predicted octanol–water partition coefficient (Wildman–Crippen LogP) is 0.970. The molecule has 0 bridgehead atoms. The van der Waals surface area contributed by atoms with Gasteiger partial charge in [-0.2, -0.15) is 22.5 Å². The van der Waals surface area contributed by atoms with Crippen molar-refractivity contribution >= 4 is 10.2 Å². The Balaban J connectivity index is 1.75. The van der Waals surface area contributed by atoms with Gasteiger partial charge in [-0.1, -0.05) is 12.8 Å². The van der Waals surface area contributed by atoms with Crippen molar-refractivity contribution in [2.45, 2.75) is 57.7 Å². The summed E-state index contributed by atoms with van der Waals surface area (Å²) in [6, 6.07) is -0.310. The molecule has 130 valence electrons. The van der Waals surface area contributed by atoms with E-state index in [1.165, 1.54) is 0 Å². The molecule has 8 nitrogen and oxygen atoms in total. The molecule has 3 rings (SSSR count). The number of ether oxygens (including phenoxy) is 1. The van der Waals surface area contributed by atoms with Crippen molar-refractivity contribution in [2.24, 2.45) is 0 Å². The van der Waals surface area contributed by atoms with Gasteiger partial charge in [0, 0.05) is 26.7 Å². The molecule has 0 aliphatic carbocycles. The first-order chi connectivity index (χ1) is 11.1. The summed E-state index contributed by atoms with van der Waals surface area (Å²) in [5.41, 5.74) is 0. The number of hydrogen-bond donors (Lipinski definition) is 1. The molecule has 0 radical (unpaired) electrons. The Labute approximate surface area is 137 Å². The minimum Gasteiger partial charge on any atom is -0.377 e. The summed E-state index contributed by atoms with van der Waals surface area (Å²) in [6.45, 7) is 2.31. The number of aryl methyl sites for hydroxylation is 1. The van der Waals surface area contributed by atoms with E-state index >= 15 is 0 Å². The van der Waals surface area contributed by atoms with Crippen molar-refractivity contribution in [1.82, 2.24) is 23.8 Å². The molecular weight excluding hydrogens is 318 g/mol. The molecule has 1 saturated heterocycles. The van der Waals surface area contributed by atoms with Gasteiger partial charge in [0.05, 0.1) is 6.04 Å². The highest BCUT2D eigenvalue weighted by Crippen LogP contribution is 2.25. The molecule has 0 amide bonds. The Hall–Kier alpha value is -1.03. The summed E-state index contributed by atoms with van der Waals surface area (Å²) in [4.78, 5) is 4.45. The Morgan fingerprint density at radius 3 is 2.61 bits per heavy atom. The van der Waals surface area contributed by atoms with Gasteiger partial charge in [-0.15, -0.1) is 0 Å². The zero-order valence-electron chi connectivity index (χ0n) is 13.6. The van der Waals surface area contributed by atoms with Crippen molar-refractivity contribution in [2.75, 3.05) is 20.2 Å². The highest BCUT2D eigenvalue weighted by Gasteiger charge is 2.31. The average Bonchev–Trinajstić information content (AvgIpc) is 2.74. The van der Waals surface area contributed by atoms with Crippen LogP contribution in [0.15, 0.2) is 0 Å². The lowest BCUT2D eigenvalue weighted by atomic mass is 10.1. The molecule has 2 aliphatic rings. The molecule has 1 atom stereocenters. The van der Waals surface area contributed by atoms with Crippen molar-refractivity contribution in [1.29, 1.82) is 0 Å². The van der Waals surface area contributed by atoms with E-state index in [-0.39, 0.29) is 6.04 Å². The van der Waals surface area contributed by atoms with Gasteiger partial charge in [-0.3, -0.25) is 0 Å². The lowest BCUT2D eigenvalue weighted by Crippen LogP contribution is -2.44. The van der Waals surface area contributed by atoms with Crippen molar-refractivity contribution in [3.05, 3.63) is 11.6 Å². The molecule has 3 heterocycles. The zero-order valence-corrected chi connectivity index (χ0v) is 14.4. The Bertz CT molecular complexity index is 622. The number of nitrogens with one attached hydrogen (secondary N) is 1. The monoisotopic (exact) mass is 343 g/mol. The van der Waals surface area contributed by atoms with Crippen LogP contribution in [0.5, 0.6) is 0 Å². The van der Waals surface area contributed by atoms with Gasteiger partial charge in [-0.25, -0.2) is 9.67 Å². The van der Waals surface area contributed by atoms with E-state index < -0.39 is 10.2 Å². The van der Waals surface area contributed by atoms with Gasteiger partial charge in [0.1, 0.15) is 12.4 Å². The third-order valence-electron chi connectivity index (χ3n) is 4.39. The van der Waals surface area contributed by atoms with Crippen molar-refractivity contribution in [3.8, 4) is 0 Å². The van der Waals surface area contributed by atoms with Crippen molar-refractivity contribution in [3.63, 3.8) is 0 Å². The van der Waals surface area contributed by atoms with Gasteiger partial charge in [0.2, 0.25) is 0 Å².